The van der Waals surface area contributed by atoms with Crippen molar-refractivity contribution in [3.63, 3.8) is 0 Å². The van der Waals surface area contributed by atoms with Gasteiger partial charge >= 0.3 is 0 Å². The summed E-state index contributed by atoms with van der Waals surface area (Å²) in [4.78, 5) is 23.4. The Morgan fingerprint density at radius 1 is 1.21 bits per heavy atom. The first-order valence-corrected chi connectivity index (χ1v) is 6.25. The van der Waals surface area contributed by atoms with Gasteiger partial charge in [-0.05, 0) is 44.9 Å². The number of carbonyl (C=O) groups is 2. The van der Waals surface area contributed by atoms with Crippen LogP contribution in [-0.4, -0.2) is 24.4 Å². The molecule has 0 saturated heterocycles. The van der Waals surface area contributed by atoms with Gasteiger partial charge in [-0.3, -0.25) is 9.59 Å². The maximum Gasteiger partial charge on any atom is 0.252 e. The Kier molecular flexibility index (Phi) is 4.92. The number of nitrogens with one attached hydrogen (secondary N) is 2. The van der Waals surface area contributed by atoms with Crippen molar-refractivity contribution >= 4 is 17.5 Å². The third kappa shape index (κ3) is 4.28. The summed E-state index contributed by atoms with van der Waals surface area (Å²) in [6.07, 6.45) is 0. The van der Waals surface area contributed by atoms with E-state index in [0.29, 0.717) is 11.3 Å². The predicted octanol–water partition coefficient (Wildman–Crippen LogP) is 1.14. The molecule has 0 radical (unpaired) electrons. The van der Waals surface area contributed by atoms with Crippen LogP contribution < -0.4 is 16.4 Å². The Labute approximate surface area is 113 Å². The summed E-state index contributed by atoms with van der Waals surface area (Å²) in [7, 11) is 0. The highest BCUT2D eigenvalue weighted by atomic mass is 16.2. The lowest BCUT2D eigenvalue weighted by Crippen LogP contribution is -2.40. The molecule has 0 unspecified atom stereocenters. The van der Waals surface area contributed by atoms with E-state index < -0.39 is 0 Å². The molecular formula is C14H21N3O2. The summed E-state index contributed by atoms with van der Waals surface area (Å²) in [6.45, 7) is 7.43. The second-order valence-corrected chi connectivity index (χ2v) is 4.93. The average Bonchev–Trinajstić information content (AvgIpc) is 2.30. The van der Waals surface area contributed by atoms with E-state index in [9.17, 15) is 9.59 Å². The highest BCUT2D eigenvalue weighted by Gasteiger charge is 2.12. The van der Waals surface area contributed by atoms with Gasteiger partial charge in [0.05, 0.1) is 6.54 Å². The number of amides is 2. The van der Waals surface area contributed by atoms with Crippen LogP contribution >= 0.6 is 0 Å². The van der Waals surface area contributed by atoms with E-state index >= 15 is 0 Å². The summed E-state index contributed by atoms with van der Waals surface area (Å²) in [5.41, 5.74) is 8.64. The van der Waals surface area contributed by atoms with E-state index in [1.54, 1.807) is 6.07 Å². The first-order chi connectivity index (χ1) is 8.81. The zero-order chi connectivity index (χ0) is 14.6. The van der Waals surface area contributed by atoms with Gasteiger partial charge in [0.2, 0.25) is 5.91 Å². The first kappa shape index (κ1) is 15.0. The summed E-state index contributed by atoms with van der Waals surface area (Å²) in [5.74, 6) is -0.496. The molecule has 0 atom stereocenters. The van der Waals surface area contributed by atoms with Crippen molar-refractivity contribution in [2.24, 2.45) is 0 Å². The molecule has 5 nitrogen and oxygen atoms in total. The maximum absolute atomic E-state index is 12.0. The molecule has 2 amide bonds. The molecule has 0 saturated carbocycles. The highest BCUT2D eigenvalue weighted by Crippen LogP contribution is 2.17. The summed E-state index contributed by atoms with van der Waals surface area (Å²) in [5, 5.41) is 5.29. The van der Waals surface area contributed by atoms with Crippen LogP contribution in [0.3, 0.4) is 0 Å². The Morgan fingerprint density at radius 2 is 1.84 bits per heavy atom. The number of benzene rings is 1. The van der Waals surface area contributed by atoms with Crippen LogP contribution in [0.1, 0.15) is 35.3 Å². The lowest BCUT2D eigenvalue weighted by molar-refractivity contribution is -0.120. The third-order valence-electron chi connectivity index (χ3n) is 2.72. The number of hydrogen-bond donors (Lipinski definition) is 3. The Bertz CT molecular complexity index is 496. The topological polar surface area (TPSA) is 84.2 Å². The van der Waals surface area contributed by atoms with Crippen molar-refractivity contribution in [3.8, 4) is 0 Å². The molecule has 4 N–H and O–H groups in total. The molecule has 0 spiro atoms. The second-order valence-electron chi connectivity index (χ2n) is 4.93. The summed E-state index contributed by atoms with van der Waals surface area (Å²) >= 11 is 0. The van der Waals surface area contributed by atoms with Gasteiger partial charge in [-0.25, -0.2) is 0 Å². The molecule has 1 aromatic rings. The summed E-state index contributed by atoms with van der Waals surface area (Å²) in [6, 6.07) is 3.56. The normalized spacial score (nSPS) is 10.4. The van der Waals surface area contributed by atoms with E-state index in [4.69, 9.17) is 5.73 Å². The molecule has 0 aliphatic carbocycles. The Morgan fingerprint density at radius 3 is 2.42 bits per heavy atom. The van der Waals surface area contributed by atoms with Gasteiger partial charge in [-0.1, -0.05) is 6.07 Å². The molecule has 0 aliphatic rings. The van der Waals surface area contributed by atoms with Gasteiger partial charge in [0.15, 0.2) is 0 Å². The molecule has 104 valence electrons. The molecular weight excluding hydrogens is 242 g/mol. The lowest BCUT2D eigenvalue weighted by Gasteiger charge is -2.11. The van der Waals surface area contributed by atoms with Crippen molar-refractivity contribution in [1.82, 2.24) is 10.6 Å². The largest absolute Gasteiger partial charge is 0.398 e. The van der Waals surface area contributed by atoms with Crippen LogP contribution in [0.2, 0.25) is 0 Å². The van der Waals surface area contributed by atoms with Gasteiger partial charge in [0.1, 0.15) is 0 Å². The molecule has 0 aliphatic heterocycles. The number of rotatable bonds is 4. The van der Waals surface area contributed by atoms with Crippen molar-refractivity contribution in [3.05, 3.63) is 28.8 Å². The van der Waals surface area contributed by atoms with Crippen molar-refractivity contribution < 1.29 is 9.59 Å². The fourth-order valence-electron chi connectivity index (χ4n) is 1.74. The first-order valence-electron chi connectivity index (χ1n) is 6.25. The minimum absolute atomic E-state index is 0.0375. The van der Waals surface area contributed by atoms with Gasteiger partial charge < -0.3 is 16.4 Å². The standard InChI is InChI=1S/C14H21N3O2/c1-8(2)17-13(18)7-16-14(19)11-6-12(15)10(4)5-9(11)3/h5-6,8H,7,15H2,1-4H3,(H,16,19)(H,17,18). The number of nitrogens with two attached hydrogens (primary N) is 1. The van der Waals surface area contributed by atoms with Gasteiger partial charge in [0, 0.05) is 17.3 Å². The monoisotopic (exact) mass is 263 g/mol. The molecule has 1 rings (SSSR count). The van der Waals surface area contributed by atoms with E-state index in [1.165, 1.54) is 0 Å². The van der Waals surface area contributed by atoms with Gasteiger partial charge in [-0.2, -0.15) is 0 Å². The maximum atomic E-state index is 12.0. The van der Waals surface area contributed by atoms with Crippen LogP contribution in [0.5, 0.6) is 0 Å². The van der Waals surface area contributed by atoms with Crippen molar-refractivity contribution in [2.45, 2.75) is 33.7 Å². The number of carbonyl (C=O) groups excluding carboxylic acids is 2. The quantitative estimate of drug-likeness (QED) is 0.712. The molecule has 19 heavy (non-hydrogen) atoms. The van der Waals surface area contributed by atoms with Crippen LogP contribution in [0, 0.1) is 13.8 Å². The van der Waals surface area contributed by atoms with Crippen LogP contribution in [0.15, 0.2) is 12.1 Å². The number of aryl methyl sites for hydroxylation is 2. The zero-order valence-corrected chi connectivity index (χ0v) is 11.8. The van der Waals surface area contributed by atoms with Gasteiger partial charge in [-0.15, -0.1) is 0 Å². The molecule has 0 aromatic heterocycles. The summed E-state index contributed by atoms with van der Waals surface area (Å²) < 4.78 is 0. The second kappa shape index (κ2) is 6.22. The molecule has 0 fully saturated rings. The smallest absolute Gasteiger partial charge is 0.252 e. The zero-order valence-electron chi connectivity index (χ0n) is 11.8. The Balaban J connectivity index is 2.69. The molecule has 1 aromatic carbocycles. The lowest BCUT2D eigenvalue weighted by atomic mass is 10.0. The minimum atomic E-state index is -0.289. The fraction of sp³-hybridized carbons (Fsp3) is 0.429. The van der Waals surface area contributed by atoms with E-state index in [2.05, 4.69) is 10.6 Å². The number of nitrogen functional groups attached to an aromatic ring is 1. The van der Waals surface area contributed by atoms with E-state index in [1.807, 2.05) is 33.8 Å². The average molecular weight is 263 g/mol. The fourth-order valence-corrected chi connectivity index (χ4v) is 1.74. The molecule has 0 heterocycles. The van der Waals surface area contributed by atoms with Gasteiger partial charge in [0.25, 0.3) is 5.91 Å². The number of anilines is 1. The van der Waals surface area contributed by atoms with Crippen LogP contribution in [-0.2, 0) is 4.79 Å². The Hall–Kier alpha value is -2.04. The molecule has 0 bridgehead atoms. The SMILES string of the molecule is Cc1cc(C)c(C(=O)NCC(=O)NC(C)C)cc1N. The van der Waals surface area contributed by atoms with Crippen molar-refractivity contribution in [1.29, 1.82) is 0 Å². The predicted molar refractivity (Wildman–Crippen MR) is 75.9 cm³/mol. The minimum Gasteiger partial charge on any atom is -0.398 e. The third-order valence-corrected chi connectivity index (χ3v) is 2.72. The highest BCUT2D eigenvalue weighted by molar-refractivity contribution is 5.98. The number of hydrogen-bond acceptors (Lipinski definition) is 3. The van der Waals surface area contributed by atoms with Crippen LogP contribution in [0.4, 0.5) is 5.69 Å². The van der Waals surface area contributed by atoms with Crippen LogP contribution in [0.25, 0.3) is 0 Å². The molecule has 5 heteroatoms. The van der Waals surface area contributed by atoms with Crippen molar-refractivity contribution in [2.75, 3.05) is 12.3 Å². The van der Waals surface area contributed by atoms with E-state index in [-0.39, 0.29) is 24.4 Å². The van der Waals surface area contributed by atoms with E-state index in [0.717, 1.165) is 11.1 Å².